The molecule has 4 N–H and O–H groups in total. The molecule has 7 nitrogen and oxygen atoms in total. The SMILES string of the molecule is CCCCC(NC(N)=O)C(=O)N1CCC[C@H](C(=O)O)[C@@H]1C. The largest absolute Gasteiger partial charge is 0.481 e. The van der Waals surface area contributed by atoms with Gasteiger partial charge in [-0.2, -0.15) is 0 Å². The second-order valence-electron chi connectivity index (χ2n) is 5.56. The molecule has 0 radical (unpaired) electrons. The number of aliphatic carboxylic acids is 1. The average molecular weight is 299 g/mol. The van der Waals surface area contributed by atoms with E-state index < -0.39 is 24.0 Å². The van der Waals surface area contributed by atoms with Crippen molar-refractivity contribution in [3.8, 4) is 0 Å². The lowest BCUT2D eigenvalue weighted by Gasteiger charge is -2.39. The molecule has 3 atom stereocenters. The van der Waals surface area contributed by atoms with Crippen molar-refractivity contribution in [1.82, 2.24) is 10.2 Å². The Bertz CT molecular complexity index is 400. The van der Waals surface area contributed by atoms with Crippen LogP contribution in [0.1, 0.15) is 46.0 Å². The van der Waals surface area contributed by atoms with Gasteiger partial charge in [-0.3, -0.25) is 9.59 Å². The Morgan fingerprint density at radius 3 is 2.62 bits per heavy atom. The number of piperidine rings is 1. The molecule has 0 spiro atoms. The van der Waals surface area contributed by atoms with Crippen LogP contribution in [0.15, 0.2) is 0 Å². The normalized spacial score (nSPS) is 23.4. The summed E-state index contributed by atoms with van der Waals surface area (Å²) in [5.41, 5.74) is 5.13. The summed E-state index contributed by atoms with van der Waals surface area (Å²) in [6.07, 6.45) is 3.44. The first-order valence-corrected chi connectivity index (χ1v) is 7.47. The lowest BCUT2D eigenvalue weighted by molar-refractivity contribution is -0.149. The molecular formula is C14H25N3O4. The molecule has 120 valence electrons. The monoisotopic (exact) mass is 299 g/mol. The van der Waals surface area contributed by atoms with Crippen LogP contribution < -0.4 is 11.1 Å². The van der Waals surface area contributed by atoms with Crippen molar-refractivity contribution in [3.05, 3.63) is 0 Å². The van der Waals surface area contributed by atoms with Crippen LogP contribution in [0.25, 0.3) is 0 Å². The predicted molar refractivity (Wildman–Crippen MR) is 77.6 cm³/mol. The molecule has 0 saturated carbocycles. The van der Waals surface area contributed by atoms with Crippen molar-refractivity contribution in [1.29, 1.82) is 0 Å². The van der Waals surface area contributed by atoms with Gasteiger partial charge in [0.1, 0.15) is 6.04 Å². The topological polar surface area (TPSA) is 113 Å². The molecule has 1 fully saturated rings. The Morgan fingerprint density at radius 1 is 1.43 bits per heavy atom. The van der Waals surface area contributed by atoms with E-state index in [0.717, 1.165) is 12.8 Å². The van der Waals surface area contributed by atoms with Crippen LogP contribution in [0.5, 0.6) is 0 Å². The number of nitrogens with one attached hydrogen (secondary N) is 1. The van der Waals surface area contributed by atoms with Crippen LogP contribution >= 0.6 is 0 Å². The van der Waals surface area contributed by atoms with Crippen molar-refractivity contribution < 1.29 is 19.5 Å². The predicted octanol–water partition coefficient (Wildman–Crippen LogP) is 0.925. The van der Waals surface area contributed by atoms with Crippen LogP contribution in [0, 0.1) is 5.92 Å². The number of carboxylic acids is 1. The third-order valence-electron chi connectivity index (χ3n) is 4.05. The van der Waals surface area contributed by atoms with Crippen molar-refractivity contribution in [2.75, 3.05) is 6.54 Å². The molecule has 0 bridgehead atoms. The maximum absolute atomic E-state index is 12.6. The van der Waals surface area contributed by atoms with Crippen LogP contribution in [-0.2, 0) is 9.59 Å². The van der Waals surface area contributed by atoms with E-state index in [9.17, 15) is 19.5 Å². The molecular weight excluding hydrogens is 274 g/mol. The first-order chi connectivity index (χ1) is 9.88. The van der Waals surface area contributed by atoms with E-state index in [1.165, 1.54) is 0 Å². The molecule has 7 heteroatoms. The van der Waals surface area contributed by atoms with Gasteiger partial charge in [0.2, 0.25) is 5.91 Å². The van der Waals surface area contributed by atoms with Crippen LogP contribution in [0.4, 0.5) is 4.79 Å². The quantitative estimate of drug-likeness (QED) is 0.677. The van der Waals surface area contributed by atoms with E-state index in [-0.39, 0.29) is 11.9 Å². The second-order valence-corrected chi connectivity index (χ2v) is 5.56. The third kappa shape index (κ3) is 4.61. The summed E-state index contributed by atoms with van der Waals surface area (Å²) in [5, 5.41) is 11.7. The standard InChI is InChI=1S/C14H25N3O4/c1-3-4-7-11(16-14(15)21)12(18)17-8-5-6-10(9(17)2)13(19)20/h9-11H,3-8H2,1-2H3,(H,19,20)(H3,15,16,21)/t9-,10-,11?/m0/s1. The first-order valence-electron chi connectivity index (χ1n) is 7.47. The van der Waals surface area contributed by atoms with Gasteiger partial charge in [0.15, 0.2) is 0 Å². The number of nitrogens with zero attached hydrogens (tertiary/aromatic N) is 1. The highest BCUT2D eigenvalue weighted by Gasteiger charge is 2.37. The summed E-state index contributed by atoms with van der Waals surface area (Å²) in [6.45, 7) is 4.26. The summed E-state index contributed by atoms with van der Waals surface area (Å²) >= 11 is 0. The summed E-state index contributed by atoms with van der Waals surface area (Å²) < 4.78 is 0. The lowest BCUT2D eigenvalue weighted by atomic mass is 9.89. The minimum absolute atomic E-state index is 0.235. The maximum Gasteiger partial charge on any atom is 0.312 e. The summed E-state index contributed by atoms with van der Waals surface area (Å²) in [5.74, 6) is -1.67. The van der Waals surface area contributed by atoms with Gasteiger partial charge in [-0.25, -0.2) is 4.79 Å². The van der Waals surface area contributed by atoms with E-state index in [1.807, 2.05) is 6.92 Å². The third-order valence-corrected chi connectivity index (χ3v) is 4.05. The number of carbonyl (C=O) groups excluding carboxylic acids is 2. The van der Waals surface area contributed by atoms with Gasteiger partial charge in [-0.1, -0.05) is 19.8 Å². The molecule has 0 aliphatic carbocycles. The van der Waals surface area contributed by atoms with E-state index in [0.29, 0.717) is 25.8 Å². The van der Waals surface area contributed by atoms with Gasteiger partial charge >= 0.3 is 12.0 Å². The number of carboxylic acid groups (broad SMARTS) is 1. The van der Waals surface area contributed by atoms with Crippen LogP contribution in [0.2, 0.25) is 0 Å². The highest BCUT2D eigenvalue weighted by molar-refractivity contribution is 5.87. The number of rotatable bonds is 6. The number of carbonyl (C=O) groups is 3. The van der Waals surface area contributed by atoms with Crippen LogP contribution in [-0.4, -0.2) is 46.5 Å². The summed E-state index contributed by atoms with van der Waals surface area (Å²) in [6, 6.07) is -1.77. The van der Waals surface area contributed by atoms with Crippen molar-refractivity contribution in [2.24, 2.45) is 11.7 Å². The highest BCUT2D eigenvalue weighted by Crippen LogP contribution is 2.25. The molecule has 1 aliphatic rings. The number of nitrogens with two attached hydrogens (primary N) is 1. The van der Waals surface area contributed by atoms with Gasteiger partial charge in [-0.15, -0.1) is 0 Å². The van der Waals surface area contributed by atoms with Crippen molar-refractivity contribution in [3.63, 3.8) is 0 Å². The van der Waals surface area contributed by atoms with E-state index >= 15 is 0 Å². The van der Waals surface area contributed by atoms with E-state index in [1.54, 1.807) is 11.8 Å². The fourth-order valence-corrected chi connectivity index (χ4v) is 2.82. The van der Waals surface area contributed by atoms with Crippen LogP contribution in [0.3, 0.4) is 0 Å². The zero-order valence-corrected chi connectivity index (χ0v) is 12.7. The van der Waals surface area contributed by atoms with Gasteiger partial charge in [-0.05, 0) is 26.2 Å². The minimum atomic E-state index is -0.882. The number of primary amides is 1. The van der Waals surface area contributed by atoms with E-state index in [4.69, 9.17) is 5.73 Å². The highest BCUT2D eigenvalue weighted by atomic mass is 16.4. The fraction of sp³-hybridized carbons (Fsp3) is 0.786. The van der Waals surface area contributed by atoms with Gasteiger partial charge < -0.3 is 21.1 Å². The number of amides is 3. The van der Waals surface area contributed by atoms with Crippen molar-refractivity contribution >= 4 is 17.9 Å². The first kappa shape index (κ1) is 17.3. The van der Waals surface area contributed by atoms with E-state index in [2.05, 4.69) is 5.32 Å². The number of hydrogen-bond donors (Lipinski definition) is 3. The Balaban J connectivity index is 2.80. The van der Waals surface area contributed by atoms with Crippen molar-refractivity contribution in [2.45, 2.75) is 58.0 Å². The Labute approximate surface area is 124 Å². The smallest absolute Gasteiger partial charge is 0.312 e. The summed E-state index contributed by atoms with van der Waals surface area (Å²) in [7, 11) is 0. The van der Waals surface area contributed by atoms with Gasteiger partial charge in [0.25, 0.3) is 0 Å². The fourth-order valence-electron chi connectivity index (χ4n) is 2.82. The molecule has 21 heavy (non-hydrogen) atoms. The molecule has 1 saturated heterocycles. The zero-order valence-electron chi connectivity index (χ0n) is 12.7. The zero-order chi connectivity index (χ0) is 16.0. The molecule has 1 unspecified atom stereocenters. The number of hydrogen-bond acceptors (Lipinski definition) is 3. The molecule has 1 rings (SSSR count). The molecule has 1 heterocycles. The molecule has 1 aliphatic heterocycles. The molecule has 0 aromatic rings. The van der Waals surface area contributed by atoms with Gasteiger partial charge in [0.05, 0.1) is 5.92 Å². The average Bonchev–Trinajstić information content (AvgIpc) is 2.42. The maximum atomic E-state index is 12.6. The van der Waals surface area contributed by atoms with Gasteiger partial charge in [0, 0.05) is 12.6 Å². The Kier molecular flexibility index (Phi) is 6.45. The Hall–Kier alpha value is -1.79. The summed E-state index contributed by atoms with van der Waals surface area (Å²) in [4.78, 5) is 36.4. The lowest BCUT2D eigenvalue weighted by Crippen LogP contribution is -2.56. The number of unbranched alkanes of at least 4 members (excludes halogenated alkanes) is 1. The molecule has 0 aromatic carbocycles. The Morgan fingerprint density at radius 2 is 2.10 bits per heavy atom. The molecule has 3 amide bonds. The molecule has 0 aromatic heterocycles. The number of likely N-dealkylation sites (tertiary alicyclic amines) is 1. The minimum Gasteiger partial charge on any atom is -0.481 e. The number of urea groups is 1. The second kappa shape index (κ2) is 7.85.